The Hall–Kier alpha value is -3.15. The van der Waals surface area contributed by atoms with Gasteiger partial charge in [0, 0.05) is 12.6 Å². The molecule has 0 fully saturated rings. The molecule has 2 aromatic rings. The summed E-state index contributed by atoms with van der Waals surface area (Å²) >= 11 is 0. The molecule has 2 rings (SSSR count). The normalized spacial score (nSPS) is 12.2. The highest BCUT2D eigenvalue weighted by molar-refractivity contribution is 5.99. The average molecular weight is 353 g/mol. The van der Waals surface area contributed by atoms with Gasteiger partial charge in [0.1, 0.15) is 0 Å². The topological polar surface area (TPSA) is 79.8 Å². The van der Waals surface area contributed by atoms with Crippen molar-refractivity contribution >= 4 is 23.2 Å². The third-order valence-electron chi connectivity index (χ3n) is 3.70. The number of nitrogens with zero attached hydrogens (tertiary/aromatic N) is 1. The zero-order valence-corrected chi connectivity index (χ0v) is 15.2. The molecule has 0 aliphatic heterocycles. The summed E-state index contributed by atoms with van der Waals surface area (Å²) in [5.74, 6) is -0.360. The number of benzene rings is 2. The minimum atomic E-state index is -0.237. The highest BCUT2D eigenvalue weighted by Crippen LogP contribution is 2.12. The van der Waals surface area contributed by atoms with Crippen LogP contribution in [0.5, 0.6) is 0 Å². The van der Waals surface area contributed by atoms with Crippen LogP contribution in [0.3, 0.4) is 0 Å². The van der Waals surface area contributed by atoms with Crippen LogP contribution in [-0.2, 0) is 14.4 Å². The molecular formula is C20H23N3O3. The van der Waals surface area contributed by atoms with Crippen molar-refractivity contribution in [2.45, 2.75) is 26.8 Å². The highest BCUT2D eigenvalue weighted by atomic mass is 16.6. The van der Waals surface area contributed by atoms with Gasteiger partial charge in [0.05, 0.1) is 11.8 Å². The van der Waals surface area contributed by atoms with Gasteiger partial charge < -0.3 is 15.5 Å². The maximum absolute atomic E-state index is 11.9. The van der Waals surface area contributed by atoms with Gasteiger partial charge in [-0.05, 0) is 37.1 Å². The Bertz CT molecular complexity index is 771. The summed E-state index contributed by atoms with van der Waals surface area (Å²) in [7, 11) is 0. The van der Waals surface area contributed by atoms with Crippen molar-refractivity contribution in [3.05, 3.63) is 65.7 Å². The van der Waals surface area contributed by atoms with Gasteiger partial charge in [-0.1, -0.05) is 47.6 Å². The van der Waals surface area contributed by atoms with E-state index in [1.807, 2.05) is 49.4 Å². The Balaban J connectivity index is 1.83. The highest BCUT2D eigenvalue weighted by Gasteiger charge is 2.09. The molecule has 26 heavy (non-hydrogen) atoms. The van der Waals surface area contributed by atoms with Crippen molar-refractivity contribution in [1.82, 2.24) is 5.32 Å². The summed E-state index contributed by atoms with van der Waals surface area (Å²) < 4.78 is 0. The molecule has 6 nitrogen and oxygen atoms in total. The SMILES string of the molecule is CC(=O)Nc1ccc(C(C)=NOCC(=O)NC(C)c2ccccc2)cc1. The second-order valence-electron chi connectivity index (χ2n) is 5.91. The number of hydrogen-bond acceptors (Lipinski definition) is 4. The first-order valence-electron chi connectivity index (χ1n) is 8.34. The van der Waals surface area contributed by atoms with E-state index in [9.17, 15) is 9.59 Å². The second-order valence-corrected chi connectivity index (χ2v) is 5.91. The maximum atomic E-state index is 11.9. The van der Waals surface area contributed by atoms with Crippen LogP contribution < -0.4 is 10.6 Å². The molecule has 2 amide bonds. The summed E-state index contributed by atoms with van der Waals surface area (Å²) in [5.41, 5.74) is 3.23. The standard InChI is InChI=1S/C20H23N3O3/c1-14(17-7-5-4-6-8-17)21-20(25)13-26-23-15(2)18-9-11-19(12-10-18)22-16(3)24/h4-12,14H,13H2,1-3H3,(H,21,25)(H,22,24). The molecule has 0 spiro atoms. The molecular weight excluding hydrogens is 330 g/mol. The van der Waals surface area contributed by atoms with Gasteiger partial charge in [-0.2, -0.15) is 0 Å². The molecule has 0 aromatic heterocycles. The molecule has 1 unspecified atom stereocenters. The summed E-state index contributed by atoms with van der Waals surface area (Å²) in [6.07, 6.45) is 0. The summed E-state index contributed by atoms with van der Waals surface area (Å²) in [4.78, 5) is 28.1. The largest absolute Gasteiger partial charge is 0.385 e. The number of hydrogen-bond donors (Lipinski definition) is 2. The van der Waals surface area contributed by atoms with Crippen molar-refractivity contribution in [2.75, 3.05) is 11.9 Å². The molecule has 0 heterocycles. The lowest BCUT2D eigenvalue weighted by atomic mass is 10.1. The fraction of sp³-hybridized carbons (Fsp3) is 0.250. The lowest BCUT2D eigenvalue weighted by Gasteiger charge is -2.13. The van der Waals surface area contributed by atoms with E-state index in [4.69, 9.17) is 4.84 Å². The number of carbonyl (C=O) groups is 2. The number of oxime groups is 1. The van der Waals surface area contributed by atoms with Crippen molar-refractivity contribution < 1.29 is 14.4 Å². The van der Waals surface area contributed by atoms with Crippen molar-refractivity contribution in [3.8, 4) is 0 Å². The molecule has 0 saturated heterocycles. The summed E-state index contributed by atoms with van der Waals surface area (Å²) in [6.45, 7) is 5.01. The van der Waals surface area contributed by atoms with Gasteiger partial charge in [0.25, 0.3) is 5.91 Å². The monoisotopic (exact) mass is 353 g/mol. The van der Waals surface area contributed by atoms with Gasteiger partial charge in [-0.15, -0.1) is 0 Å². The smallest absolute Gasteiger partial charge is 0.261 e. The van der Waals surface area contributed by atoms with Crippen molar-refractivity contribution in [2.24, 2.45) is 5.16 Å². The van der Waals surface area contributed by atoms with Crippen molar-refractivity contribution in [1.29, 1.82) is 0 Å². The zero-order valence-electron chi connectivity index (χ0n) is 15.2. The Morgan fingerprint density at radius 2 is 1.69 bits per heavy atom. The molecule has 136 valence electrons. The van der Waals surface area contributed by atoms with E-state index in [0.29, 0.717) is 11.4 Å². The quantitative estimate of drug-likeness (QED) is 0.592. The minimum absolute atomic E-state index is 0.0984. The maximum Gasteiger partial charge on any atom is 0.261 e. The van der Waals surface area contributed by atoms with Crippen LogP contribution in [0.2, 0.25) is 0 Å². The zero-order chi connectivity index (χ0) is 18.9. The third kappa shape index (κ3) is 6.05. The van der Waals surface area contributed by atoms with E-state index in [1.165, 1.54) is 6.92 Å². The molecule has 2 aromatic carbocycles. The molecule has 0 saturated carbocycles. The molecule has 0 aliphatic carbocycles. The lowest BCUT2D eigenvalue weighted by molar-refractivity contribution is -0.126. The molecule has 0 bridgehead atoms. The lowest BCUT2D eigenvalue weighted by Crippen LogP contribution is -2.29. The van der Waals surface area contributed by atoms with Crippen LogP contribution in [-0.4, -0.2) is 24.1 Å². The van der Waals surface area contributed by atoms with Crippen LogP contribution >= 0.6 is 0 Å². The predicted octanol–water partition coefficient (Wildman–Crippen LogP) is 3.26. The Labute approximate surface area is 153 Å². The first kappa shape index (κ1) is 19.2. The van der Waals surface area contributed by atoms with Crippen LogP contribution in [0.1, 0.15) is 37.9 Å². The van der Waals surface area contributed by atoms with Gasteiger partial charge >= 0.3 is 0 Å². The van der Waals surface area contributed by atoms with E-state index >= 15 is 0 Å². The Kier molecular flexibility index (Phi) is 6.91. The van der Waals surface area contributed by atoms with Gasteiger partial charge in [-0.3, -0.25) is 9.59 Å². The van der Waals surface area contributed by atoms with E-state index in [-0.39, 0.29) is 24.5 Å². The summed E-state index contributed by atoms with van der Waals surface area (Å²) in [6, 6.07) is 16.8. The first-order chi connectivity index (χ1) is 12.5. The van der Waals surface area contributed by atoms with Gasteiger partial charge in [-0.25, -0.2) is 0 Å². The van der Waals surface area contributed by atoms with E-state index in [1.54, 1.807) is 19.1 Å². The number of nitrogens with one attached hydrogen (secondary N) is 2. The Morgan fingerprint density at radius 1 is 1.04 bits per heavy atom. The fourth-order valence-electron chi connectivity index (χ4n) is 2.35. The Morgan fingerprint density at radius 3 is 2.31 bits per heavy atom. The summed E-state index contributed by atoms with van der Waals surface area (Å²) in [5, 5.41) is 9.53. The minimum Gasteiger partial charge on any atom is -0.385 e. The van der Waals surface area contributed by atoms with Gasteiger partial charge in [0.15, 0.2) is 6.61 Å². The van der Waals surface area contributed by atoms with E-state index in [2.05, 4.69) is 15.8 Å². The number of carbonyl (C=O) groups excluding carboxylic acids is 2. The first-order valence-corrected chi connectivity index (χ1v) is 8.34. The molecule has 0 aliphatic rings. The molecule has 2 N–H and O–H groups in total. The van der Waals surface area contributed by atoms with E-state index in [0.717, 1.165) is 11.1 Å². The predicted molar refractivity (Wildman–Crippen MR) is 102 cm³/mol. The van der Waals surface area contributed by atoms with Crippen LogP contribution in [0, 0.1) is 0 Å². The molecule has 1 atom stereocenters. The van der Waals surface area contributed by atoms with Crippen molar-refractivity contribution in [3.63, 3.8) is 0 Å². The van der Waals surface area contributed by atoms with Crippen LogP contribution in [0.4, 0.5) is 5.69 Å². The van der Waals surface area contributed by atoms with E-state index < -0.39 is 0 Å². The average Bonchev–Trinajstić information content (AvgIpc) is 2.62. The second kappa shape index (κ2) is 9.36. The number of anilines is 1. The van der Waals surface area contributed by atoms with Crippen LogP contribution in [0.25, 0.3) is 0 Å². The molecule has 6 heteroatoms. The number of rotatable bonds is 7. The van der Waals surface area contributed by atoms with Crippen LogP contribution in [0.15, 0.2) is 59.8 Å². The molecule has 0 radical (unpaired) electrons. The van der Waals surface area contributed by atoms with Gasteiger partial charge in [0.2, 0.25) is 5.91 Å². The fourth-order valence-corrected chi connectivity index (χ4v) is 2.35. The number of amides is 2. The third-order valence-corrected chi connectivity index (χ3v) is 3.70.